The van der Waals surface area contributed by atoms with Gasteiger partial charge in [0.1, 0.15) is 5.82 Å². The first-order valence-corrected chi connectivity index (χ1v) is 10.5. The molecule has 1 aromatic carbocycles. The van der Waals surface area contributed by atoms with Crippen LogP contribution in [0.2, 0.25) is 0 Å². The lowest BCUT2D eigenvalue weighted by molar-refractivity contribution is -0.116. The molecule has 0 saturated carbocycles. The number of nitrogens with zero attached hydrogens (tertiary/aromatic N) is 3. The second kappa shape index (κ2) is 8.58. The first-order valence-electron chi connectivity index (χ1n) is 8.35. The minimum atomic E-state index is -0.289. The third kappa shape index (κ3) is 4.90. The number of nitrogens with one attached hydrogen (secondary N) is 1. The predicted molar refractivity (Wildman–Crippen MR) is 108 cm³/mol. The highest BCUT2D eigenvalue weighted by molar-refractivity contribution is 7.98. The molecule has 0 aliphatic rings. The summed E-state index contributed by atoms with van der Waals surface area (Å²) in [6.45, 7) is 3.88. The number of carbonyl (C=O) groups is 1. The second-order valence-corrected chi connectivity index (χ2v) is 7.58. The molecule has 140 valence electrons. The van der Waals surface area contributed by atoms with Crippen molar-refractivity contribution in [2.45, 2.75) is 31.8 Å². The van der Waals surface area contributed by atoms with Gasteiger partial charge >= 0.3 is 0 Å². The number of anilines is 1. The standard InChI is InChI=1S/C19H19FN4OS2/c1-11-15(12(2)22-18(21-11)26-3)8-9-17(25)24-19-23-16(10-27-19)13-4-6-14(20)7-5-13/h4-7,10H,8-9H2,1-3H3,(H,23,24,25). The molecule has 0 bridgehead atoms. The molecule has 3 aromatic rings. The van der Waals surface area contributed by atoms with Crippen molar-refractivity contribution in [3.8, 4) is 11.3 Å². The monoisotopic (exact) mass is 402 g/mol. The van der Waals surface area contributed by atoms with E-state index in [2.05, 4.69) is 20.3 Å². The van der Waals surface area contributed by atoms with E-state index in [1.54, 1.807) is 12.1 Å². The Labute approximate surface area is 165 Å². The minimum Gasteiger partial charge on any atom is -0.302 e. The maximum Gasteiger partial charge on any atom is 0.226 e. The van der Waals surface area contributed by atoms with Crippen molar-refractivity contribution in [1.29, 1.82) is 0 Å². The van der Waals surface area contributed by atoms with E-state index in [1.807, 2.05) is 25.5 Å². The van der Waals surface area contributed by atoms with Crippen LogP contribution in [0.4, 0.5) is 9.52 Å². The molecule has 5 nitrogen and oxygen atoms in total. The zero-order valence-corrected chi connectivity index (χ0v) is 16.9. The molecular weight excluding hydrogens is 383 g/mol. The van der Waals surface area contributed by atoms with Crippen molar-refractivity contribution in [3.63, 3.8) is 0 Å². The molecule has 2 aromatic heterocycles. The fourth-order valence-corrected chi connectivity index (χ4v) is 3.86. The Morgan fingerprint density at radius 1 is 1.15 bits per heavy atom. The van der Waals surface area contributed by atoms with Gasteiger partial charge in [-0.05, 0) is 56.4 Å². The number of carbonyl (C=O) groups excluding carboxylic acids is 1. The van der Waals surface area contributed by atoms with Gasteiger partial charge < -0.3 is 5.32 Å². The van der Waals surface area contributed by atoms with Crippen LogP contribution in [0.25, 0.3) is 11.3 Å². The van der Waals surface area contributed by atoms with Crippen molar-refractivity contribution >= 4 is 34.1 Å². The Kier molecular flexibility index (Phi) is 6.18. The highest BCUT2D eigenvalue weighted by atomic mass is 32.2. The topological polar surface area (TPSA) is 67.8 Å². The third-order valence-corrected chi connectivity index (χ3v) is 5.38. The molecule has 0 spiro atoms. The van der Waals surface area contributed by atoms with E-state index < -0.39 is 0 Å². The van der Waals surface area contributed by atoms with E-state index in [1.165, 1.54) is 35.2 Å². The summed E-state index contributed by atoms with van der Waals surface area (Å²) in [7, 11) is 0. The van der Waals surface area contributed by atoms with Crippen LogP contribution in [-0.2, 0) is 11.2 Å². The Hall–Kier alpha value is -2.32. The van der Waals surface area contributed by atoms with Gasteiger partial charge in [0.15, 0.2) is 10.3 Å². The summed E-state index contributed by atoms with van der Waals surface area (Å²) in [5.41, 5.74) is 4.35. The molecule has 0 radical (unpaired) electrons. The summed E-state index contributed by atoms with van der Waals surface area (Å²) in [6.07, 6.45) is 2.85. The number of aryl methyl sites for hydroxylation is 2. The zero-order valence-electron chi connectivity index (χ0n) is 15.2. The van der Waals surface area contributed by atoms with Crippen LogP contribution in [0.1, 0.15) is 23.4 Å². The Balaban J connectivity index is 1.61. The summed E-state index contributed by atoms with van der Waals surface area (Å²) < 4.78 is 13.0. The first-order chi connectivity index (χ1) is 13.0. The molecule has 1 N–H and O–H groups in total. The van der Waals surface area contributed by atoms with Crippen molar-refractivity contribution in [1.82, 2.24) is 15.0 Å². The lowest BCUT2D eigenvalue weighted by Gasteiger charge is -2.09. The van der Waals surface area contributed by atoms with Gasteiger partial charge in [-0.2, -0.15) is 0 Å². The molecule has 27 heavy (non-hydrogen) atoms. The number of benzene rings is 1. The van der Waals surface area contributed by atoms with E-state index in [-0.39, 0.29) is 11.7 Å². The molecule has 0 aliphatic carbocycles. The fraction of sp³-hybridized carbons (Fsp3) is 0.263. The van der Waals surface area contributed by atoms with E-state index in [4.69, 9.17) is 0 Å². The van der Waals surface area contributed by atoms with Crippen molar-refractivity contribution in [3.05, 3.63) is 52.4 Å². The van der Waals surface area contributed by atoms with Gasteiger partial charge in [0, 0.05) is 28.8 Å². The predicted octanol–water partition coefficient (Wildman–Crippen LogP) is 4.65. The first kappa shape index (κ1) is 19.4. The maximum absolute atomic E-state index is 13.0. The minimum absolute atomic E-state index is 0.109. The van der Waals surface area contributed by atoms with E-state index >= 15 is 0 Å². The Morgan fingerprint density at radius 3 is 2.44 bits per heavy atom. The third-order valence-electron chi connectivity index (χ3n) is 4.08. The molecule has 0 fully saturated rings. The highest BCUT2D eigenvalue weighted by Gasteiger charge is 2.12. The van der Waals surface area contributed by atoms with Crippen LogP contribution in [-0.4, -0.2) is 27.1 Å². The Bertz CT molecular complexity index is 934. The van der Waals surface area contributed by atoms with Crippen LogP contribution in [0.3, 0.4) is 0 Å². The van der Waals surface area contributed by atoms with Crippen molar-refractivity contribution in [2.24, 2.45) is 0 Å². The summed E-state index contributed by atoms with van der Waals surface area (Å²) in [5, 5.41) is 5.94. The van der Waals surface area contributed by atoms with E-state index in [0.717, 1.165) is 27.7 Å². The van der Waals surface area contributed by atoms with Crippen molar-refractivity contribution in [2.75, 3.05) is 11.6 Å². The smallest absolute Gasteiger partial charge is 0.226 e. The van der Waals surface area contributed by atoms with Gasteiger partial charge in [0.2, 0.25) is 5.91 Å². The summed E-state index contributed by atoms with van der Waals surface area (Å²) in [4.78, 5) is 25.6. The number of hydrogen-bond donors (Lipinski definition) is 1. The molecule has 0 aliphatic heterocycles. The van der Waals surface area contributed by atoms with Gasteiger partial charge in [0.05, 0.1) is 5.69 Å². The molecule has 2 heterocycles. The van der Waals surface area contributed by atoms with Crippen molar-refractivity contribution < 1.29 is 9.18 Å². The number of halogens is 1. The van der Waals surface area contributed by atoms with Gasteiger partial charge in [-0.25, -0.2) is 19.3 Å². The molecule has 3 rings (SSSR count). The lowest BCUT2D eigenvalue weighted by Crippen LogP contribution is -2.13. The molecule has 1 amide bonds. The maximum atomic E-state index is 13.0. The summed E-state index contributed by atoms with van der Waals surface area (Å²) in [6, 6.07) is 6.11. The lowest BCUT2D eigenvalue weighted by atomic mass is 10.1. The number of aromatic nitrogens is 3. The quantitative estimate of drug-likeness (QED) is 0.480. The van der Waals surface area contributed by atoms with Crippen LogP contribution in [0, 0.1) is 19.7 Å². The number of rotatable bonds is 6. The molecule has 8 heteroatoms. The van der Waals surface area contributed by atoms with Gasteiger partial charge in [-0.15, -0.1) is 11.3 Å². The van der Waals surface area contributed by atoms with Gasteiger partial charge in [0.25, 0.3) is 0 Å². The van der Waals surface area contributed by atoms with Gasteiger partial charge in [-0.3, -0.25) is 4.79 Å². The van der Waals surface area contributed by atoms with E-state index in [9.17, 15) is 9.18 Å². The summed E-state index contributed by atoms with van der Waals surface area (Å²) >= 11 is 2.85. The number of hydrogen-bond acceptors (Lipinski definition) is 6. The van der Waals surface area contributed by atoms with Crippen LogP contribution in [0.15, 0.2) is 34.8 Å². The summed E-state index contributed by atoms with van der Waals surface area (Å²) in [5.74, 6) is -0.398. The molecule has 0 saturated heterocycles. The molecule has 0 atom stereocenters. The fourth-order valence-electron chi connectivity index (χ4n) is 2.67. The SMILES string of the molecule is CSc1nc(C)c(CCC(=O)Nc2nc(-c3ccc(F)cc3)cs2)c(C)n1. The van der Waals surface area contributed by atoms with Gasteiger partial charge in [-0.1, -0.05) is 11.8 Å². The largest absolute Gasteiger partial charge is 0.302 e. The number of amides is 1. The Morgan fingerprint density at radius 2 is 1.81 bits per heavy atom. The van der Waals surface area contributed by atoms with Crippen LogP contribution < -0.4 is 5.32 Å². The molecular formula is C19H19FN4OS2. The van der Waals surface area contributed by atoms with E-state index in [0.29, 0.717) is 23.7 Å². The van der Waals surface area contributed by atoms with Crippen LogP contribution >= 0.6 is 23.1 Å². The highest BCUT2D eigenvalue weighted by Crippen LogP contribution is 2.25. The zero-order chi connectivity index (χ0) is 19.4. The average Bonchev–Trinajstić information content (AvgIpc) is 3.09. The normalized spacial score (nSPS) is 10.8. The molecule has 0 unspecified atom stereocenters. The average molecular weight is 403 g/mol. The number of thiazole rings is 1. The number of thioether (sulfide) groups is 1. The van der Waals surface area contributed by atoms with Crippen LogP contribution in [0.5, 0.6) is 0 Å². The second-order valence-electron chi connectivity index (χ2n) is 5.95.